The maximum Gasteiger partial charge on any atom is 0.255 e. The van der Waals surface area contributed by atoms with Crippen molar-refractivity contribution in [2.24, 2.45) is 0 Å². The molecule has 0 fully saturated rings. The molecule has 0 aliphatic carbocycles. The van der Waals surface area contributed by atoms with Crippen LogP contribution in [0.5, 0.6) is 11.5 Å². The van der Waals surface area contributed by atoms with Crippen LogP contribution >= 0.6 is 22.6 Å². The Labute approximate surface area is 183 Å². The molecule has 29 heavy (non-hydrogen) atoms. The molecular formula is C23H21FINO3. The number of para-hydroxylation sites is 1. The van der Waals surface area contributed by atoms with Gasteiger partial charge < -0.3 is 14.8 Å². The summed E-state index contributed by atoms with van der Waals surface area (Å²) in [6.45, 7) is 4.71. The average Bonchev–Trinajstić information content (AvgIpc) is 2.70. The van der Waals surface area contributed by atoms with Gasteiger partial charge in [0.1, 0.15) is 12.4 Å². The Morgan fingerprint density at radius 1 is 1.07 bits per heavy atom. The van der Waals surface area contributed by atoms with E-state index in [4.69, 9.17) is 9.47 Å². The van der Waals surface area contributed by atoms with E-state index in [9.17, 15) is 9.18 Å². The minimum Gasteiger partial charge on any atom is -0.490 e. The normalized spacial score (nSPS) is 10.5. The first-order chi connectivity index (χ1) is 14.0. The number of carbonyl (C=O) groups excluding carboxylic acids is 1. The molecule has 0 spiro atoms. The Bertz CT molecular complexity index is 1010. The number of hydrogen-bond acceptors (Lipinski definition) is 3. The number of hydrogen-bond donors (Lipinski definition) is 1. The molecule has 3 aromatic carbocycles. The van der Waals surface area contributed by atoms with Crippen molar-refractivity contribution in [3.05, 3.63) is 86.7 Å². The number of ether oxygens (including phenoxy) is 2. The number of benzene rings is 3. The molecule has 1 N–H and O–H groups in total. The second-order valence-electron chi connectivity index (χ2n) is 6.43. The first-order valence-corrected chi connectivity index (χ1v) is 10.3. The molecule has 6 heteroatoms. The van der Waals surface area contributed by atoms with Gasteiger partial charge in [0.2, 0.25) is 0 Å². The molecule has 0 aromatic heterocycles. The number of carbonyl (C=O) groups is 1. The molecule has 4 nitrogen and oxygen atoms in total. The largest absolute Gasteiger partial charge is 0.490 e. The molecule has 3 aromatic rings. The van der Waals surface area contributed by atoms with Gasteiger partial charge in [-0.15, -0.1) is 0 Å². The number of amides is 1. The summed E-state index contributed by atoms with van der Waals surface area (Å²) in [4.78, 5) is 12.6. The van der Waals surface area contributed by atoms with Gasteiger partial charge in [0.15, 0.2) is 11.5 Å². The van der Waals surface area contributed by atoms with Crippen LogP contribution in [0, 0.1) is 16.3 Å². The third-order valence-corrected chi connectivity index (χ3v) is 5.00. The van der Waals surface area contributed by atoms with E-state index >= 15 is 0 Å². The van der Waals surface area contributed by atoms with Crippen LogP contribution in [0.25, 0.3) is 0 Å². The predicted molar refractivity (Wildman–Crippen MR) is 120 cm³/mol. The van der Waals surface area contributed by atoms with E-state index in [2.05, 4.69) is 27.9 Å². The molecular weight excluding hydrogens is 484 g/mol. The fourth-order valence-corrected chi connectivity index (χ4v) is 3.46. The second-order valence-corrected chi connectivity index (χ2v) is 7.59. The van der Waals surface area contributed by atoms with Crippen LogP contribution in [0.2, 0.25) is 0 Å². The van der Waals surface area contributed by atoms with Crippen LogP contribution in [-0.2, 0) is 6.61 Å². The van der Waals surface area contributed by atoms with Gasteiger partial charge in [0.05, 0.1) is 15.9 Å². The van der Waals surface area contributed by atoms with Crippen LogP contribution in [-0.4, -0.2) is 12.5 Å². The van der Waals surface area contributed by atoms with Gasteiger partial charge in [0.25, 0.3) is 5.91 Å². The standard InChI is InChI=1S/C23H21FINO3/c1-3-28-21-13-17(23(27)26-20-7-5-4-6-18(20)24)12-19(25)22(21)29-14-16-10-8-15(2)9-11-16/h4-13H,3,14H2,1-2H3,(H,26,27). The van der Waals surface area contributed by atoms with E-state index in [1.165, 1.54) is 17.7 Å². The molecule has 0 aliphatic heterocycles. The van der Waals surface area contributed by atoms with Crippen LogP contribution < -0.4 is 14.8 Å². The van der Waals surface area contributed by atoms with E-state index in [1.807, 2.05) is 38.1 Å². The summed E-state index contributed by atoms with van der Waals surface area (Å²) in [6.07, 6.45) is 0. The molecule has 0 heterocycles. The van der Waals surface area contributed by atoms with Crippen LogP contribution in [0.3, 0.4) is 0 Å². The second kappa shape index (κ2) is 9.73. The zero-order chi connectivity index (χ0) is 20.8. The van der Waals surface area contributed by atoms with E-state index in [0.29, 0.717) is 30.3 Å². The van der Waals surface area contributed by atoms with Crippen molar-refractivity contribution in [2.75, 3.05) is 11.9 Å². The van der Waals surface area contributed by atoms with E-state index in [0.717, 1.165) is 9.13 Å². The Morgan fingerprint density at radius 3 is 2.48 bits per heavy atom. The fraction of sp³-hybridized carbons (Fsp3) is 0.174. The molecule has 150 valence electrons. The van der Waals surface area contributed by atoms with Crippen LogP contribution in [0.4, 0.5) is 10.1 Å². The Hall–Kier alpha value is -2.61. The van der Waals surface area contributed by atoms with Crippen LogP contribution in [0.1, 0.15) is 28.4 Å². The summed E-state index contributed by atoms with van der Waals surface area (Å²) in [5.41, 5.74) is 2.72. The van der Waals surface area contributed by atoms with Gasteiger partial charge >= 0.3 is 0 Å². The van der Waals surface area contributed by atoms with Crippen molar-refractivity contribution in [1.82, 2.24) is 0 Å². The maximum atomic E-state index is 13.8. The monoisotopic (exact) mass is 505 g/mol. The molecule has 3 rings (SSSR count). The molecule has 0 unspecified atom stereocenters. The third kappa shape index (κ3) is 5.47. The first kappa shape index (κ1) is 21.1. The van der Waals surface area contributed by atoms with Gasteiger partial charge in [-0.25, -0.2) is 4.39 Å². The van der Waals surface area contributed by atoms with Gasteiger partial charge in [-0.3, -0.25) is 4.79 Å². The van der Waals surface area contributed by atoms with Crippen molar-refractivity contribution in [2.45, 2.75) is 20.5 Å². The smallest absolute Gasteiger partial charge is 0.255 e. The minimum absolute atomic E-state index is 0.130. The van der Waals surface area contributed by atoms with Gasteiger partial charge in [-0.1, -0.05) is 42.0 Å². The van der Waals surface area contributed by atoms with Crippen molar-refractivity contribution in [3.63, 3.8) is 0 Å². The fourth-order valence-electron chi connectivity index (χ4n) is 2.70. The molecule has 0 saturated heterocycles. The Kier molecular flexibility index (Phi) is 7.09. The number of aryl methyl sites for hydroxylation is 1. The summed E-state index contributed by atoms with van der Waals surface area (Å²) in [7, 11) is 0. The SMILES string of the molecule is CCOc1cc(C(=O)Nc2ccccc2F)cc(I)c1OCc1ccc(C)cc1. The third-order valence-electron chi connectivity index (χ3n) is 4.20. The summed E-state index contributed by atoms with van der Waals surface area (Å²) in [6, 6.07) is 17.4. The lowest BCUT2D eigenvalue weighted by atomic mass is 10.1. The van der Waals surface area contributed by atoms with Crippen LogP contribution in [0.15, 0.2) is 60.7 Å². The van der Waals surface area contributed by atoms with E-state index in [-0.39, 0.29) is 5.69 Å². The quantitative estimate of drug-likeness (QED) is 0.403. The zero-order valence-corrected chi connectivity index (χ0v) is 18.3. The highest BCUT2D eigenvalue weighted by Crippen LogP contribution is 2.35. The molecule has 0 aliphatic rings. The van der Waals surface area contributed by atoms with E-state index < -0.39 is 11.7 Å². The lowest BCUT2D eigenvalue weighted by Crippen LogP contribution is -2.14. The maximum absolute atomic E-state index is 13.8. The topological polar surface area (TPSA) is 47.6 Å². The van der Waals surface area contributed by atoms with Gasteiger partial charge in [-0.05, 0) is 66.3 Å². The number of nitrogens with one attached hydrogen (secondary N) is 1. The molecule has 0 atom stereocenters. The highest BCUT2D eigenvalue weighted by atomic mass is 127. The van der Waals surface area contributed by atoms with Gasteiger partial charge in [0, 0.05) is 5.56 Å². The highest BCUT2D eigenvalue weighted by Gasteiger charge is 2.17. The Morgan fingerprint density at radius 2 is 1.79 bits per heavy atom. The molecule has 1 amide bonds. The minimum atomic E-state index is -0.487. The number of anilines is 1. The summed E-state index contributed by atoms with van der Waals surface area (Å²) in [5.74, 6) is 0.151. The predicted octanol–water partition coefficient (Wildman–Crippen LogP) is 5.97. The first-order valence-electron chi connectivity index (χ1n) is 9.18. The number of halogens is 2. The van der Waals surface area contributed by atoms with Crippen molar-refractivity contribution >= 4 is 34.2 Å². The van der Waals surface area contributed by atoms with Crippen molar-refractivity contribution in [1.29, 1.82) is 0 Å². The zero-order valence-electron chi connectivity index (χ0n) is 16.2. The highest BCUT2D eigenvalue weighted by molar-refractivity contribution is 14.1. The van der Waals surface area contributed by atoms with E-state index in [1.54, 1.807) is 24.3 Å². The molecule has 0 bridgehead atoms. The Balaban J connectivity index is 1.82. The summed E-state index contributed by atoms with van der Waals surface area (Å²) < 4.78 is 26.3. The summed E-state index contributed by atoms with van der Waals surface area (Å²) in [5, 5.41) is 2.59. The van der Waals surface area contributed by atoms with Crippen molar-refractivity contribution in [3.8, 4) is 11.5 Å². The molecule has 0 saturated carbocycles. The summed E-state index contributed by atoms with van der Waals surface area (Å²) >= 11 is 2.11. The van der Waals surface area contributed by atoms with Gasteiger partial charge in [-0.2, -0.15) is 0 Å². The lowest BCUT2D eigenvalue weighted by molar-refractivity contribution is 0.102. The lowest BCUT2D eigenvalue weighted by Gasteiger charge is -2.16. The average molecular weight is 505 g/mol. The van der Waals surface area contributed by atoms with Crippen molar-refractivity contribution < 1.29 is 18.7 Å². The molecule has 0 radical (unpaired) electrons. The number of rotatable bonds is 7.